The van der Waals surface area contributed by atoms with Crippen molar-refractivity contribution in [3.8, 4) is 5.88 Å². The highest BCUT2D eigenvalue weighted by Crippen LogP contribution is 2.24. The number of rotatable bonds is 6. The van der Waals surface area contributed by atoms with Crippen LogP contribution in [0.5, 0.6) is 5.88 Å². The Labute approximate surface area is 106 Å². The van der Waals surface area contributed by atoms with E-state index in [2.05, 4.69) is 15.0 Å². The topological polar surface area (TPSA) is 77.3 Å². The molecule has 19 heavy (non-hydrogen) atoms. The summed E-state index contributed by atoms with van der Waals surface area (Å²) in [5.74, 6) is -0.335. The molecule has 0 saturated heterocycles. The van der Waals surface area contributed by atoms with Crippen molar-refractivity contribution in [3.63, 3.8) is 0 Å². The molecule has 1 heterocycles. The Bertz CT molecular complexity index is 451. The van der Waals surface area contributed by atoms with Crippen LogP contribution in [0.3, 0.4) is 0 Å². The summed E-state index contributed by atoms with van der Waals surface area (Å²) in [5.41, 5.74) is -0.384. The van der Waals surface area contributed by atoms with E-state index in [0.29, 0.717) is 6.54 Å². The molecule has 0 aliphatic carbocycles. The third-order valence-corrected chi connectivity index (χ3v) is 1.94. The smallest absolute Gasteiger partial charge is 0.422 e. The van der Waals surface area contributed by atoms with Gasteiger partial charge in [0.2, 0.25) is 5.88 Å². The average molecular weight is 279 g/mol. The van der Waals surface area contributed by atoms with Crippen molar-refractivity contribution in [1.82, 2.24) is 4.98 Å². The summed E-state index contributed by atoms with van der Waals surface area (Å²) in [7, 11) is 0. The fourth-order valence-electron chi connectivity index (χ4n) is 1.17. The van der Waals surface area contributed by atoms with Crippen LogP contribution in [-0.4, -0.2) is 29.2 Å². The van der Waals surface area contributed by atoms with Crippen LogP contribution in [0.4, 0.5) is 24.7 Å². The lowest BCUT2D eigenvalue weighted by Gasteiger charge is -2.10. The first kappa shape index (κ1) is 15.0. The van der Waals surface area contributed by atoms with Gasteiger partial charge in [-0.1, -0.05) is 6.92 Å². The molecule has 1 aromatic heterocycles. The minimum absolute atomic E-state index is 0.105. The van der Waals surface area contributed by atoms with Gasteiger partial charge in [0.05, 0.1) is 17.1 Å². The van der Waals surface area contributed by atoms with Gasteiger partial charge in [0.1, 0.15) is 5.82 Å². The van der Waals surface area contributed by atoms with E-state index in [1.54, 1.807) is 0 Å². The number of aromatic nitrogens is 1. The van der Waals surface area contributed by atoms with Gasteiger partial charge >= 0.3 is 6.18 Å². The lowest BCUT2D eigenvalue weighted by molar-refractivity contribution is -0.385. The maximum atomic E-state index is 12.0. The zero-order valence-corrected chi connectivity index (χ0v) is 10.0. The number of hydrogen-bond acceptors (Lipinski definition) is 5. The van der Waals surface area contributed by atoms with Gasteiger partial charge in [0.25, 0.3) is 5.69 Å². The highest BCUT2D eigenvalue weighted by Gasteiger charge is 2.29. The minimum Gasteiger partial charge on any atom is -0.468 e. The Morgan fingerprint density at radius 3 is 2.68 bits per heavy atom. The fourth-order valence-corrected chi connectivity index (χ4v) is 1.17. The van der Waals surface area contributed by atoms with E-state index >= 15 is 0 Å². The monoisotopic (exact) mass is 279 g/mol. The van der Waals surface area contributed by atoms with Crippen LogP contribution in [0.2, 0.25) is 0 Å². The summed E-state index contributed by atoms with van der Waals surface area (Å²) in [4.78, 5) is 13.6. The Morgan fingerprint density at radius 2 is 2.16 bits per heavy atom. The van der Waals surface area contributed by atoms with E-state index < -0.39 is 23.6 Å². The quantitative estimate of drug-likeness (QED) is 0.640. The van der Waals surface area contributed by atoms with Crippen molar-refractivity contribution >= 4 is 11.5 Å². The van der Waals surface area contributed by atoms with Crippen LogP contribution in [0.1, 0.15) is 13.3 Å². The third kappa shape index (κ3) is 5.40. The second kappa shape index (κ2) is 6.21. The molecule has 0 fully saturated rings. The Kier molecular flexibility index (Phi) is 4.90. The molecule has 0 spiro atoms. The van der Waals surface area contributed by atoms with E-state index in [-0.39, 0.29) is 11.5 Å². The predicted molar refractivity (Wildman–Crippen MR) is 61.2 cm³/mol. The van der Waals surface area contributed by atoms with E-state index in [1.807, 2.05) is 6.92 Å². The molecule has 0 aliphatic heterocycles. The van der Waals surface area contributed by atoms with Crippen molar-refractivity contribution in [1.29, 1.82) is 0 Å². The van der Waals surface area contributed by atoms with Crippen molar-refractivity contribution in [3.05, 3.63) is 22.2 Å². The molecule has 0 aromatic carbocycles. The van der Waals surface area contributed by atoms with Crippen LogP contribution in [0, 0.1) is 10.1 Å². The van der Waals surface area contributed by atoms with Crippen LogP contribution in [0.15, 0.2) is 12.1 Å². The largest absolute Gasteiger partial charge is 0.468 e. The molecule has 0 atom stereocenters. The van der Waals surface area contributed by atoms with Gasteiger partial charge in [0, 0.05) is 6.54 Å². The normalized spacial score (nSPS) is 11.2. The Hall–Kier alpha value is -2.06. The molecule has 6 nitrogen and oxygen atoms in total. The lowest BCUT2D eigenvalue weighted by Crippen LogP contribution is -2.20. The van der Waals surface area contributed by atoms with Crippen molar-refractivity contribution in [2.45, 2.75) is 19.5 Å². The highest BCUT2D eigenvalue weighted by molar-refractivity contribution is 5.48. The first-order valence-electron chi connectivity index (χ1n) is 5.41. The van der Waals surface area contributed by atoms with Crippen LogP contribution >= 0.6 is 0 Å². The molecule has 0 amide bonds. The summed E-state index contributed by atoms with van der Waals surface area (Å²) >= 11 is 0. The zero-order chi connectivity index (χ0) is 14.5. The molecule has 1 N–H and O–H groups in total. The van der Waals surface area contributed by atoms with E-state index in [9.17, 15) is 23.3 Å². The number of nitrogens with zero attached hydrogens (tertiary/aromatic N) is 2. The minimum atomic E-state index is -4.52. The summed E-state index contributed by atoms with van der Waals surface area (Å²) in [6.07, 6.45) is -3.79. The molecule has 0 aliphatic rings. The van der Waals surface area contributed by atoms with Crippen LogP contribution in [-0.2, 0) is 0 Å². The van der Waals surface area contributed by atoms with Gasteiger partial charge in [-0.2, -0.15) is 18.2 Å². The lowest BCUT2D eigenvalue weighted by atomic mass is 10.3. The van der Waals surface area contributed by atoms with E-state index in [1.165, 1.54) is 0 Å². The second-order valence-corrected chi connectivity index (χ2v) is 3.64. The molecule has 1 rings (SSSR count). The summed E-state index contributed by atoms with van der Waals surface area (Å²) < 4.78 is 40.4. The second-order valence-electron chi connectivity index (χ2n) is 3.64. The number of anilines is 1. The maximum absolute atomic E-state index is 12.0. The zero-order valence-electron chi connectivity index (χ0n) is 10.0. The van der Waals surface area contributed by atoms with Gasteiger partial charge in [0.15, 0.2) is 6.61 Å². The van der Waals surface area contributed by atoms with Crippen LogP contribution in [0.25, 0.3) is 0 Å². The van der Waals surface area contributed by atoms with E-state index in [4.69, 9.17) is 0 Å². The van der Waals surface area contributed by atoms with Gasteiger partial charge in [-0.15, -0.1) is 0 Å². The highest BCUT2D eigenvalue weighted by atomic mass is 19.4. The first-order chi connectivity index (χ1) is 8.81. The molecular formula is C10H12F3N3O3. The van der Waals surface area contributed by atoms with Crippen molar-refractivity contribution in [2.24, 2.45) is 0 Å². The predicted octanol–water partition coefficient (Wildman–Crippen LogP) is 2.75. The standard InChI is InChI=1S/C10H12F3N3O3/c1-2-3-14-8-4-7(16(17)18)5-9(15-8)19-6-10(11,12)13/h4-5H,2-3,6H2,1H3,(H,14,15). The van der Waals surface area contributed by atoms with Gasteiger partial charge in [-0.05, 0) is 6.42 Å². The summed E-state index contributed by atoms with van der Waals surface area (Å²) in [5, 5.41) is 13.4. The molecular weight excluding hydrogens is 267 g/mol. The molecule has 1 aromatic rings. The number of pyridine rings is 1. The van der Waals surface area contributed by atoms with E-state index in [0.717, 1.165) is 18.6 Å². The molecule has 0 unspecified atom stereocenters. The average Bonchev–Trinajstić information content (AvgIpc) is 2.32. The number of alkyl halides is 3. The SMILES string of the molecule is CCCNc1cc([N+](=O)[O-])cc(OCC(F)(F)F)n1. The van der Waals surface area contributed by atoms with Gasteiger partial charge in [-0.25, -0.2) is 0 Å². The number of ether oxygens (including phenoxy) is 1. The van der Waals surface area contributed by atoms with Crippen molar-refractivity contribution in [2.75, 3.05) is 18.5 Å². The Morgan fingerprint density at radius 1 is 1.47 bits per heavy atom. The molecule has 0 radical (unpaired) electrons. The molecule has 9 heteroatoms. The number of hydrogen-bond donors (Lipinski definition) is 1. The number of nitrogens with one attached hydrogen (secondary N) is 1. The number of halogens is 3. The maximum Gasteiger partial charge on any atom is 0.422 e. The molecule has 0 saturated carbocycles. The van der Waals surface area contributed by atoms with Crippen LogP contribution < -0.4 is 10.1 Å². The third-order valence-electron chi connectivity index (χ3n) is 1.94. The van der Waals surface area contributed by atoms with Gasteiger partial charge < -0.3 is 10.1 Å². The first-order valence-corrected chi connectivity index (χ1v) is 5.41. The molecule has 0 bridgehead atoms. The van der Waals surface area contributed by atoms with Gasteiger partial charge in [-0.3, -0.25) is 10.1 Å². The number of nitro groups is 1. The Balaban J connectivity index is 2.89. The summed E-state index contributed by atoms with van der Waals surface area (Å²) in [6.45, 7) is 0.812. The fraction of sp³-hybridized carbons (Fsp3) is 0.500. The summed E-state index contributed by atoms with van der Waals surface area (Å²) in [6, 6.07) is 1.99. The molecule has 106 valence electrons. The van der Waals surface area contributed by atoms with Crippen molar-refractivity contribution < 1.29 is 22.8 Å².